The lowest BCUT2D eigenvalue weighted by molar-refractivity contribution is -0.384. The minimum absolute atomic E-state index is 0.0282. The van der Waals surface area contributed by atoms with E-state index >= 15 is 0 Å². The Morgan fingerprint density at radius 3 is 3.06 bits per heavy atom. The third kappa shape index (κ3) is 3.04. The van der Waals surface area contributed by atoms with Crippen molar-refractivity contribution in [3.63, 3.8) is 0 Å². The predicted molar refractivity (Wildman–Crippen MR) is 61.8 cm³/mol. The Balaban J connectivity index is 1.90. The molecular formula is C11H11N3O3. The molecule has 0 aliphatic heterocycles. The van der Waals surface area contributed by atoms with E-state index in [-0.39, 0.29) is 5.69 Å². The van der Waals surface area contributed by atoms with Crippen molar-refractivity contribution in [2.75, 3.05) is 11.9 Å². The number of nitro groups is 1. The van der Waals surface area contributed by atoms with Crippen LogP contribution in [-0.2, 0) is 6.42 Å². The normalized spacial score (nSPS) is 10.1. The van der Waals surface area contributed by atoms with Gasteiger partial charge in [-0.05, 0) is 12.1 Å². The molecule has 17 heavy (non-hydrogen) atoms. The summed E-state index contributed by atoms with van der Waals surface area (Å²) in [6.45, 7) is 0.613. The van der Waals surface area contributed by atoms with Gasteiger partial charge in [-0.25, -0.2) is 4.98 Å². The number of aromatic nitrogens is 1. The summed E-state index contributed by atoms with van der Waals surface area (Å²) in [6.07, 6.45) is 3.73. The van der Waals surface area contributed by atoms with Gasteiger partial charge in [0, 0.05) is 25.2 Å². The molecule has 6 heteroatoms. The van der Waals surface area contributed by atoms with Crippen molar-refractivity contribution in [3.8, 4) is 0 Å². The Bertz CT molecular complexity index is 496. The van der Waals surface area contributed by atoms with Crippen LogP contribution in [0.25, 0.3) is 0 Å². The first kappa shape index (κ1) is 11.1. The minimum atomic E-state index is -0.445. The van der Waals surface area contributed by atoms with Crippen LogP contribution in [-0.4, -0.2) is 16.5 Å². The van der Waals surface area contributed by atoms with E-state index in [4.69, 9.17) is 4.42 Å². The fraction of sp³-hybridized carbons (Fsp3) is 0.182. The predicted octanol–water partition coefficient (Wildman–Crippen LogP) is 2.24. The van der Waals surface area contributed by atoms with Crippen LogP contribution < -0.4 is 5.32 Å². The highest BCUT2D eigenvalue weighted by Gasteiger charge is 2.06. The van der Waals surface area contributed by atoms with Crippen LogP contribution in [0.3, 0.4) is 0 Å². The number of pyridine rings is 1. The summed E-state index contributed by atoms with van der Waals surface area (Å²) < 4.78 is 5.16. The third-order valence-corrected chi connectivity index (χ3v) is 2.21. The fourth-order valence-corrected chi connectivity index (χ4v) is 1.40. The van der Waals surface area contributed by atoms with Gasteiger partial charge in [-0.2, -0.15) is 0 Å². The molecule has 0 aliphatic rings. The molecule has 0 amide bonds. The van der Waals surface area contributed by atoms with Crippen LogP contribution >= 0.6 is 0 Å². The van der Waals surface area contributed by atoms with Crippen molar-refractivity contribution in [1.29, 1.82) is 0 Å². The Kier molecular flexibility index (Phi) is 3.34. The van der Waals surface area contributed by atoms with E-state index in [9.17, 15) is 10.1 Å². The molecule has 0 radical (unpaired) electrons. The van der Waals surface area contributed by atoms with Gasteiger partial charge in [-0.1, -0.05) is 0 Å². The first-order valence-corrected chi connectivity index (χ1v) is 5.12. The zero-order chi connectivity index (χ0) is 12.1. The molecule has 6 nitrogen and oxygen atoms in total. The molecule has 2 aromatic rings. The number of furan rings is 1. The first-order valence-electron chi connectivity index (χ1n) is 5.12. The van der Waals surface area contributed by atoms with E-state index in [1.165, 1.54) is 18.3 Å². The van der Waals surface area contributed by atoms with Gasteiger partial charge in [0.15, 0.2) is 0 Å². The van der Waals surface area contributed by atoms with E-state index in [0.717, 1.165) is 5.76 Å². The van der Waals surface area contributed by atoms with Crippen LogP contribution in [0.4, 0.5) is 11.5 Å². The summed E-state index contributed by atoms with van der Waals surface area (Å²) in [5.41, 5.74) is 0.0282. The molecule has 0 unspecified atom stereocenters. The summed E-state index contributed by atoms with van der Waals surface area (Å²) in [5, 5.41) is 13.6. The van der Waals surface area contributed by atoms with E-state index in [1.54, 1.807) is 6.26 Å². The van der Waals surface area contributed by atoms with E-state index in [2.05, 4.69) is 10.3 Å². The second-order valence-corrected chi connectivity index (χ2v) is 3.41. The quantitative estimate of drug-likeness (QED) is 0.632. The average Bonchev–Trinajstić information content (AvgIpc) is 2.82. The van der Waals surface area contributed by atoms with Gasteiger partial charge in [0.1, 0.15) is 11.6 Å². The maximum absolute atomic E-state index is 10.5. The van der Waals surface area contributed by atoms with Crippen molar-refractivity contribution in [3.05, 3.63) is 52.6 Å². The Morgan fingerprint density at radius 1 is 1.47 bits per heavy atom. The summed E-state index contributed by atoms with van der Waals surface area (Å²) in [6, 6.07) is 6.46. The van der Waals surface area contributed by atoms with Crippen LogP contribution in [0.5, 0.6) is 0 Å². The summed E-state index contributed by atoms with van der Waals surface area (Å²) in [7, 11) is 0. The number of nitrogens with zero attached hydrogens (tertiary/aromatic N) is 2. The number of anilines is 1. The molecule has 0 saturated carbocycles. The van der Waals surface area contributed by atoms with E-state index in [0.29, 0.717) is 18.8 Å². The zero-order valence-electron chi connectivity index (χ0n) is 9.00. The maximum Gasteiger partial charge on any atom is 0.274 e. The van der Waals surface area contributed by atoms with Gasteiger partial charge in [0.25, 0.3) is 5.69 Å². The van der Waals surface area contributed by atoms with Crippen LogP contribution in [0.2, 0.25) is 0 Å². The Labute approximate surface area is 97.4 Å². The highest BCUT2D eigenvalue weighted by atomic mass is 16.6. The highest BCUT2D eigenvalue weighted by molar-refractivity contribution is 5.44. The number of hydrogen-bond donors (Lipinski definition) is 1. The topological polar surface area (TPSA) is 81.2 Å². The molecule has 0 saturated heterocycles. The summed E-state index contributed by atoms with van der Waals surface area (Å²) >= 11 is 0. The summed E-state index contributed by atoms with van der Waals surface area (Å²) in [4.78, 5) is 14.1. The number of rotatable bonds is 5. The molecule has 2 aromatic heterocycles. The Hall–Kier alpha value is -2.37. The SMILES string of the molecule is O=[N+]([O-])c1ccnc(NCCc2ccco2)c1. The molecule has 1 N–H and O–H groups in total. The molecule has 0 atom stereocenters. The average molecular weight is 233 g/mol. The molecule has 0 aromatic carbocycles. The molecule has 0 aliphatic carbocycles. The molecule has 0 fully saturated rings. The molecule has 88 valence electrons. The second kappa shape index (κ2) is 5.11. The zero-order valence-corrected chi connectivity index (χ0v) is 9.00. The van der Waals surface area contributed by atoms with Crippen LogP contribution in [0, 0.1) is 10.1 Å². The maximum atomic E-state index is 10.5. The number of nitrogens with one attached hydrogen (secondary N) is 1. The van der Waals surface area contributed by atoms with Crippen molar-refractivity contribution < 1.29 is 9.34 Å². The molecule has 0 spiro atoms. The fourth-order valence-electron chi connectivity index (χ4n) is 1.40. The third-order valence-electron chi connectivity index (χ3n) is 2.21. The molecule has 2 rings (SSSR count). The van der Waals surface area contributed by atoms with Gasteiger partial charge in [-0.15, -0.1) is 0 Å². The van der Waals surface area contributed by atoms with Crippen LogP contribution in [0.15, 0.2) is 41.1 Å². The molecular weight excluding hydrogens is 222 g/mol. The lowest BCUT2D eigenvalue weighted by Gasteiger charge is -2.03. The van der Waals surface area contributed by atoms with Gasteiger partial charge < -0.3 is 9.73 Å². The van der Waals surface area contributed by atoms with Crippen molar-refractivity contribution >= 4 is 11.5 Å². The van der Waals surface area contributed by atoms with Gasteiger partial charge in [-0.3, -0.25) is 10.1 Å². The van der Waals surface area contributed by atoms with Crippen LogP contribution in [0.1, 0.15) is 5.76 Å². The summed E-state index contributed by atoms with van der Waals surface area (Å²) in [5.74, 6) is 1.36. The number of hydrogen-bond acceptors (Lipinski definition) is 5. The van der Waals surface area contributed by atoms with Crippen molar-refractivity contribution in [2.45, 2.75) is 6.42 Å². The van der Waals surface area contributed by atoms with Gasteiger partial charge in [0.2, 0.25) is 0 Å². The lowest BCUT2D eigenvalue weighted by Crippen LogP contribution is -2.06. The molecule has 0 bridgehead atoms. The monoisotopic (exact) mass is 233 g/mol. The Morgan fingerprint density at radius 2 is 2.35 bits per heavy atom. The minimum Gasteiger partial charge on any atom is -0.469 e. The standard InChI is InChI=1S/C11H11N3O3/c15-14(16)9-3-5-12-11(8-9)13-6-4-10-2-1-7-17-10/h1-3,5,7-8H,4,6H2,(H,12,13). The van der Waals surface area contributed by atoms with Gasteiger partial charge >= 0.3 is 0 Å². The second-order valence-electron chi connectivity index (χ2n) is 3.41. The van der Waals surface area contributed by atoms with Crippen molar-refractivity contribution in [2.24, 2.45) is 0 Å². The highest BCUT2D eigenvalue weighted by Crippen LogP contribution is 2.14. The van der Waals surface area contributed by atoms with Crippen molar-refractivity contribution in [1.82, 2.24) is 4.98 Å². The largest absolute Gasteiger partial charge is 0.469 e. The lowest BCUT2D eigenvalue weighted by atomic mass is 10.3. The smallest absolute Gasteiger partial charge is 0.274 e. The molecule has 2 heterocycles. The van der Waals surface area contributed by atoms with E-state index < -0.39 is 4.92 Å². The van der Waals surface area contributed by atoms with Gasteiger partial charge in [0.05, 0.1) is 17.3 Å². The van der Waals surface area contributed by atoms with E-state index in [1.807, 2.05) is 12.1 Å². The first-order chi connectivity index (χ1) is 8.25.